The van der Waals surface area contributed by atoms with Gasteiger partial charge in [-0.2, -0.15) is 6.42 Å². The second-order valence-corrected chi connectivity index (χ2v) is 5.32. The largest absolute Gasteiger partial charge is 1.00 e. The minimum absolute atomic E-state index is 0. The van der Waals surface area contributed by atoms with Crippen LogP contribution in [0.15, 0.2) is 29.2 Å². The topological polar surface area (TPSA) is 60.2 Å². The maximum atomic E-state index is 11.7. The van der Waals surface area contributed by atoms with E-state index >= 15 is 0 Å². The molecule has 0 spiro atoms. The molecule has 0 fully saturated rings. The van der Waals surface area contributed by atoms with Gasteiger partial charge in [0.1, 0.15) is 0 Å². The maximum Gasteiger partial charge on any atom is 1.00 e. The summed E-state index contributed by atoms with van der Waals surface area (Å²) in [6, 6.07) is 6.27. The first-order valence-electron chi connectivity index (χ1n) is 5.00. The molecule has 0 amide bonds. The van der Waals surface area contributed by atoms with E-state index in [0.717, 1.165) is 12.8 Å². The molecule has 0 unspecified atom stereocenters. The predicted octanol–water partition coefficient (Wildman–Crippen LogP) is -0.602. The van der Waals surface area contributed by atoms with Crippen LogP contribution in [0.4, 0.5) is 5.69 Å². The van der Waals surface area contributed by atoms with Crippen LogP contribution < -0.4 is 35.3 Å². The smallest absolute Gasteiger partial charge is 0.399 e. The van der Waals surface area contributed by atoms with Crippen LogP contribution in [0.1, 0.15) is 26.2 Å². The molecule has 0 aliphatic rings. The third-order valence-corrected chi connectivity index (χ3v) is 3.71. The molecule has 0 aliphatic carbocycles. The summed E-state index contributed by atoms with van der Waals surface area (Å²) >= 11 is 0. The van der Waals surface area contributed by atoms with E-state index in [1.807, 2.05) is 6.92 Å². The van der Waals surface area contributed by atoms with Crippen LogP contribution in [0.25, 0.3) is 0 Å². The van der Waals surface area contributed by atoms with E-state index in [1.165, 1.54) is 17.9 Å². The summed E-state index contributed by atoms with van der Waals surface area (Å²) in [6.45, 7) is 2.03. The molecule has 1 aromatic rings. The Morgan fingerprint density at radius 2 is 1.81 bits per heavy atom. The summed E-state index contributed by atoms with van der Waals surface area (Å²) in [5.41, 5.74) is 6.06. The van der Waals surface area contributed by atoms with Crippen molar-refractivity contribution in [3.8, 4) is 0 Å². The fourth-order valence-corrected chi connectivity index (χ4v) is 2.38. The molecule has 3 nitrogen and oxygen atoms in total. The van der Waals surface area contributed by atoms with Crippen molar-refractivity contribution in [3.63, 3.8) is 0 Å². The Morgan fingerprint density at radius 1 is 1.25 bits per heavy atom. The Kier molecular flexibility index (Phi) is 7.31. The molecular weight excluding hydrogens is 233 g/mol. The SMILES string of the molecule is CCCC[CH-]S(=O)(=O)c1ccc(N)cc1.[Na+]. The molecule has 0 heterocycles. The average molecular weight is 249 g/mol. The van der Waals surface area contributed by atoms with Crippen molar-refractivity contribution in [1.82, 2.24) is 0 Å². The Bertz CT molecular complexity index is 400. The number of nitrogen functional groups attached to an aromatic ring is 1. The van der Waals surface area contributed by atoms with Crippen molar-refractivity contribution < 1.29 is 38.0 Å². The van der Waals surface area contributed by atoms with Gasteiger partial charge in [-0.15, -0.1) is 0 Å². The standard InChI is InChI=1S/C11H16NO2S.Na/c1-2-3-4-9-15(13,14)11-7-5-10(12)6-8-11;/h5-9H,2-4,12H2,1H3;/q-1;+1. The normalized spacial score (nSPS) is 10.8. The van der Waals surface area contributed by atoms with E-state index in [9.17, 15) is 8.42 Å². The Hall–Kier alpha value is -0.0300. The summed E-state index contributed by atoms with van der Waals surface area (Å²) in [6.07, 6.45) is 2.49. The summed E-state index contributed by atoms with van der Waals surface area (Å²) in [5.74, 6) is 1.38. The number of hydrogen-bond donors (Lipinski definition) is 1. The monoisotopic (exact) mass is 249 g/mol. The van der Waals surface area contributed by atoms with Gasteiger partial charge >= 0.3 is 29.6 Å². The number of sulfone groups is 1. The first-order chi connectivity index (χ1) is 7.06. The molecule has 0 saturated heterocycles. The molecule has 0 radical (unpaired) electrons. The maximum absolute atomic E-state index is 11.7. The van der Waals surface area contributed by atoms with Crippen molar-refractivity contribution >= 4 is 15.5 Å². The number of anilines is 1. The van der Waals surface area contributed by atoms with Crippen LogP contribution in [-0.2, 0) is 9.84 Å². The van der Waals surface area contributed by atoms with Gasteiger partial charge in [0.05, 0.1) is 9.84 Å². The molecular formula is C11H16NNaO2S. The van der Waals surface area contributed by atoms with E-state index in [-0.39, 0.29) is 29.6 Å². The predicted molar refractivity (Wildman–Crippen MR) is 61.9 cm³/mol. The van der Waals surface area contributed by atoms with E-state index in [0.29, 0.717) is 17.0 Å². The van der Waals surface area contributed by atoms with Crippen molar-refractivity contribution in [1.29, 1.82) is 0 Å². The average Bonchev–Trinajstić information content (AvgIpc) is 2.18. The number of hydrogen-bond acceptors (Lipinski definition) is 3. The fourth-order valence-electron chi connectivity index (χ4n) is 1.20. The van der Waals surface area contributed by atoms with Gasteiger partial charge in [0.15, 0.2) is 0 Å². The number of benzene rings is 1. The molecule has 5 heteroatoms. The van der Waals surface area contributed by atoms with Gasteiger partial charge in [0.25, 0.3) is 0 Å². The summed E-state index contributed by atoms with van der Waals surface area (Å²) < 4.78 is 23.4. The van der Waals surface area contributed by atoms with Gasteiger partial charge in [-0.25, -0.2) is 5.75 Å². The summed E-state index contributed by atoms with van der Waals surface area (Å²) in [5, 5.41) is 0. The van der Waals surface area contributed by atoms with Crippen molar-refractivity contribution in [3.05, 3.63) is 30.0 Å². The Morgan fingerprint density at radius 3 is 2.31 bits per heavy atom. The van der Waals surface area contributed by atoms with E-state index < -0.39 is 9.84 Å². The van der Waals surface area contributed by atoms with Gasteiger partial charge in [-0.1, -0.05) is 19.8 Å². The minimum Gasteiger partial charge on any atom is -0.399 e. The third-order valence-electron chi connectivity index (χ3n) is 2.10. The molecule has 16 heavy (non-hydrogen) atoms. The van der Waals surface area contributed by atoms with Crippen molar-refractivity contribution in [2.24, 2.45) is 0 Å². The van der Waals surface area contributed by atoms with Gasteiger partial charge in [-0.05, 0) is 24.3 Å². The Labute approximate surface area is 120 Å². The molecule has 2 N–H and O–H groups in total. The number of nitrogens with two attached hydrogens (primary N) is 1. The molecule has 0 saturated carbocycles. The summed E-state index contributed by atoms with van der Waals surface area (Å²) in [4.78, 5) is 0.313. The van der Waals surface area contributed by atoms with Gasteiger partial charge in [0, 0.05) is 10.6 Å². The van der Waals surface area contributed by atoms with Crippen LogP contribution in [0, 0.1) is 5.75 Å². The van der Waals surface area contributed by atoms with Crippen LogP contribution >= 0.6 is 0 Å². The zero-order valence-corrected chi connectivity index (χ0v) is 12.6. The fraction of sp³-hybridized carbons (Fsp3) is 0.364. The first-order valence-corrected chi connectivity index (χ1v) is 6.54. The zero-order valence-electron chi connectivity index (χ0n) is 9.81. The van der Waals surface area contributed by atoms with Crippen molar-refractivity contribution in [2.45, 2.75) is 31.1 Å². The second kappa shape index (κ2) is 7.33. The van der Waals surface area contributed by atoms with Gasteiger partial charge in [-0.3, -0.25) is 8.42 Å². The molecule has 84 valence electrons. The van der Waals surface area contributed by atoms with Crippen LogP contribution in [0.2, 0.25) is 0 Å². The Balaban J connectivity index is 0.00000225. The zero-order chi connectivity index (χ0) is 11.3. The first kappa shape index (κ1) is 16.0. The third kappa shape index (κ3) is 4.87. The molecule has 0 bridgehead atoms. The quantitative estimate of drug-likeness (QED) is 0.328. The van der Waals surface area contributed by atoms with Crippen LogP contribution in [0.3, 0.4) is 0 Å². The van der Waals surface area contributed by atoms with Gasteiger partial charge < -0.3 is 5.73 Å². The van der Waals surface area contributed by atoms with Crippen molar-refractivity contribution in [2.75, 3.05) is 5.73 Å². The number of unbranched alkanes of at least 4 members (excludes halogenated alkanes) is 2. The van der Waals surface area contributed by atoms with Gasteiger partial charge in [0.2, 0.25) is 0 Å². The molecule has 0 atom stereocenters. The molecule has 0 aromatic heterocycles. The molecule has 1 rings (SSSR count). The van der Waals surface area contributed by atoms with E-state index in [4.69, 9.17) is 5.73 Å². The van der Waals surface area contributed by atoms with Crippen LogP contribution in [-0.4, -0.2) is 8.42 Å². The minimum atomic E-state index is -3.23. The molecule has 1 aromatic carbocycles. The van der Waals surface area contributed by atoms with E-state index in [1.54, 1.807) is 12.1 Å². The second-order valence-electron chi connectivity index (χ2n) is 3.42. The van der Waals surface area contributed by atoms with E-state index in [2.05, 4.69) is 0 Å². The van der Waals surface area contributed by atoms with Crippen LogP contribution in [0.5, 0.6) is 0 Å². The summed E-state index contributed by atoms with van der Waals surface area (Å²) in [7, 11) is -3.23. The number of rotatable bonds is 5. The molecule has 0 aliphatic heterocycles.